The van der Waals surface area contributed by atoms with Gasteiger partial charge in [-0.25, -0.2) is 0 Å². The van der Waals surface area contributed by atoms with Crippen molar-refractivity contribution in [1.82, 2.24) is 0 Å². The van der Waals surface area contributed by atoms with Gasteiger partial charge in [-0.15, -0.1) is 0 Å². The van der Waals surface area contributed by atoms with Crippen molar-refractivity contribution in [3.05, 3.63) is 59.7 Å². The molecule has 4 heteroatoms. The molecule has 0 spiro atoms. The molecule has 22 heavy (non-hydrogen) atoms. The fourth-order valence-electron chi connectivity index (χ4n) is 2.96. The third kappa shape index (κ3) is 3.28. The molecule has 0 bridgehead atoms. The second kappa shape index (κ2) is 6.62. The van der Waals surface area contributed by atoms with Crippen molar-refractivity contribution < 1.29 is 14.4 Å². The Balaban J connectivity index is 1.61. The van der Waals surface area contributed by atoms with Gasteiger partial charge >= 0.3 is 0 Å². The topological polar surface area (TPSA) is 42.8 Å². The van der Waals surface area contributed by atoms with Crippen LogP contribution in [0.4, 0.5) is 5.69 Å². The summed E-state index contributed by atoms with van der Waals surface area (Å²) in [5.74, 6) is 0.716. The van der Waals surface area contributed by atoms with Crippen molar-refractivity contribution >= 4 is 11.6 Å². The van der Waals surface area contributed by atoms with E-state index in [1.807, 2.05) is 24.3 Å². The number of anilines is 1. The van der Waals surface area contributed by atoms with Gasteiger partial charge in [0.15, 0.2) is 6.54 Å². The largest absolute Gasteiger partial charge is 0.495 e. The van der Waals surface area contributed by atoms with E-state index in [0.29, 0.717) is 12.3 Å². The van der Waals surface area contributed by atoms with Crippen molar-refractivity contribution in [1.29, 1.82) is 0 Å². The highest BCUT2D eigenvalue weighted by Crippen LogP contribution is 2.22. The van der Waals surface area contributed by atoms with Crippen LogP contribution in [-0.2, 0) is 17.8 Å². The molecule has 1 atom stereocenters. The third-order valence-corrected chi connectivity index (χ3v) is 4.10. The zero-order valence-corrected chi connectivity index (χ0v) is 12.8. The minimum atomic E-state index is 0.0267. The Hall–Kier alpha value is -2.33. The van der Waals surface area contributed by atoms with Gasteiger partial charge in [0.05, 0.1) is 19.3 Å². The molecule has 2 N–H and O–H groups in total. The molecule has 0 saturated heterocycles. The lowest BCUT2D eigenvalue weighted by Gasteiger charge is -2.25. The fourth-order valence-corrected chi connectivity index (χ4v) is 2.96. The number of hydrogen-bond donors (Lipinski definition) is 2. The van der Waals surface area contributed by atoms with E-state index in [2.05, 4.69) is 29.6 Å². The highest BCUT2D eigenvalue weighted by molar-refractivity contribution is 5.92. The summed E-state index contributed by atoms with van der Waals surface area (Å²) in [5, 5.41) is 2.95. The maximum absolute atomic E-state index is 12.3. The van der Waals surface area contributed by atoms with Crippen LogP contribution in [-0.4, -0.2) is 26.1 Å². The summed E-state index contributed by atoms with van der Waals surface area (Å²) in [6.45, 7) is 2.39. The highest BCUT2D eigenvalue weighted by atomic mass is 16.5. The molecule has 2 aromatic carbocycles. The maximum atomic E-state index is 12.3. The number of hydrogen-bond acceptors (Lipinski definition) is 2. The van der Waals surface area contributed by atoms with Crippen LogP contribution < -0.4 is 15.0 Å². The van der Waals surface area contributed by atoms with Crippen molar-refractivity contribution in [3.8, 4) is 5.75 Å². The molecular formula is C18H21N2O2+. The van der Waals surface area contributed by atoms with Gasteiger partial charge in [0.2, 0.25) is 0 Å². The van der Waals surface area contributed by atoms with E-state index >= 15 is 0 Å². The lowest BCUT2D eigenvalue weighted by molar-refractivity contribution is -0.907. The average Bonchev–Trinajstić information content (AvgIpc) is 2.55. The predicted octanol–water partition coefficient (Wildman–Crippen LogP) is 1.27. The SMILES string of the molecule is COc1ccccc1NC(=O)C[NH+]1CCc2ccccc2C1. The van der Waals surface area contributed by atoms with E-state index in [1.54, 1.807) is 7.11 Å². The minimum absolute atomic E-state index is 0.0267. The molecule has 1 unspecified atom stereocenters. The van der Waals surface area contributed by atoms with Crippen LogP contribution in [0.1, 0.15) is 11.1 Å². The molecule has 114 valence electrons. The molecule has 2 aromatic rings. The van der Waals surface area contributed by atoms with E-state index in [1.165, 1.54) is 16.0 Å². The van der Waals surface area contributed by atoms with Crippen molar-refractivity contribution in [3.63, 3.8) is 0 Å². The Labute approximate surface area is 130 Å². The van der Waals surface area contributed by atoms with Gasteiger partial charge in [-0.2, -0.15) is 0 Å². The lowest BCUT2D eigenvalue weighted by atomic mass is 10.00. The predicted molar refractivity (Wildman–Crippen MR) is 86.2 cm³/mol. The number of para-hydroxylation sites is 2. The number of carbonyl (C=O) groups excluding carboxylic acids is 1. The van der Waals surface area contributed by atoms with Gasteiger partial charge in [0.1, 0.15) is 12.3 Å². The number of quaternary nitrogens is 1. The fraction of sp³-hybridized carbons (Fsp3) is 0.278. The van der Waals surface area contributed by atoms with Crippen LogP contribution in [0, 0.1) is 0 Å². The molecule has 0 aliphatic carbocycles. The smallest absolute Gasteiger partial charge is 0.279 e. The number of ether oxygens (including phenoxy) is 1. The van der Waals surface area contributed by atoms with Crippen molar-refractivity contribution in [2.24, 2.45) is 0 Å². The van der Waals surface area contributed by atoms with Crippen LogP contribution in [0.5, 0.6) is 5.75 Å². The Bertz CT molecular complexity index is 670. The quantitative estimate of drug-likeness (QED) is 0.892. The number of nitrogens with one attached hydrogen (secondary N) is 2. The Morgan fingerprint density at radius 2 is 1.86 bits per heavy atom. The van der Waals surface area contributed by atoms with Gasteiger partial charge in [-0.3, -0.25) is 4.79 Å². The molecule has 0 saturated carbocycles. The molecule has 0 fully saturated rings. The van der Waals surface area contributed by atoms with Crippen molar-refractivity contribution in [2.45, 2.75) is 13.0 Å². The third-order valence-electron chi connectivity index (χ3n) is 4.10. The van der Waals surface area contributed by atoms with Gasteiger partial charge in [0, 0.05) is 12.0 Å². The van der Waals surface area contributed by atoms with Gasteiger partial charge < -0.3 is 15.0 Å². The number of methoxy groups -OCH3 is 1. The van der Waals surface area contributed by atoms with Crippen molar-refractivity contribution in [2.75, 3.05) is 25.5 Å². The van der Waals surface area contributed by atoms with Crippen LogP contribution in [0.25, 0.3) is 0 Å². The lowest BCUT2D eigenvalue weighted by Crippen LogP contribution is -3.12. The molecule has 1 amide bonds. The summed E-state index contributed by atoms with van der Waals surface area (Å²) in [5.41, 5.74) is 3.50. The van der Waals surface area contributed by atoms with Gasteiger partial charge in [-0.1, -0.05) is 36.4 Å². The Morgan fingerprint density at radius 1 is 1.14 bits per heavy atom. The first-order valence-corrected chi connectivity index (χ1v) is 7.59. The zero-order valence-electron chi connectivity index (χ0n) is 12.8. The monoisotopic (exact) mass is 297 g/mol. The number of benzene rings is 2. The second-order valence-electron chi connectivity index (χ2n) is 5.62. The normalized spacial score (nSPS) is 16.7. The molecule has 1 aliphatic rings. The molecule has 1 aliphatic heterocycles. The average molecular weight is 297 g/mol. The summed E-state index contributed by atoms with van der Waals surface area (Å²) in [4.78, 5) is 13.6. The molecule has 0 radical (unpaired) electrons. The first-order chi connectivity index (χ1) is 10.8. The molecule has 1 heterocycles. The van der Waals surface area contributed by atoms with Crippen LogP contribution in [0.2, 0.25) is 0 Å². The summed E-state index contributed by atoms with van der Waals surface area (Å²) in [6, 6.07) is 16.0. The molecular weight excluding hydrogens is 276 g/mol. The summed E-state index contributed by atoms with van der Waals surface area (Å²) in [6.07, 6.45) is 1.04. The number of carbonyl (C=O) groups is 1. The zero-order chi connectivity index (χ0) is 15.4. The standard InChI is InChI=1S/C18H20N2O2/c1-22-17-9-5-4-8-16(17)19-18(21)13-20-11-10-14-6-2-3-7-15(14)12-20/h2-9H,10-13H2,1H3,(H,19,21)/p+1. The van der Waals surface area contributed by atoms with Crippen LogP contribution in [0.15, 0.2) is 48.5 Å². The second-order valence-corrected chi connectivity index (χ2v) is 5.62. The van der Waals surface area contributed by atoms with E-state index in [0.717, 1.165) is 25.2 Å². The summed E-state index contributed by atoms with van der Waals surface area (Å²) < 4.78 is 5.26. The summed E-state index contributed by atoms with van der Waals surface area (Å²) >= 11 is 0. The molecule has 4 nitrogen and oxygen atoms in total. The van der Waals surface area contributed by atoms with E-state index in [4.69, 9.17) is 4.74 Å². The van der Waals surface area contributed by atoms with E-state index < -0.39 is 0 Å². The minimum Gasteiger partial charge on any atom is -0.495 e. The molecule has 0 aromatic heterocycles. The Morgan fingerprint density at radius 3 is 2.68 bits per heavy atom. The molecule has 3 rings (SSSR count). The first kappa shape index (κ1) is 14.6. The van der Waals surface area contributed by atoms with Gasteiger partial charge in [-0.05, 0) is 17.7 Å². The number of amides is 1. The summed E-state index contributed by atoms with van der Waals surface area (Å²) in [7, 11) is 1.61. The van der Waals surface area contributed by atoms with E-state index in [-0.39, 0.29) is 5.91 Å². The van der Waals surface area contributed by atoms with Crippen LogP contribution >= 0.6 is 0 Å². The highest BCUT2D eigenvalue weighted by Gasteiger charge is 2.21. The number of fused-ring (bicyclic) bond motifs is 1. The van der Waals surface area contributed by atoms with E-state index in [9.17, 15) is 4.79 Å². The van der Waals surface area contributed by atoms with Gasteiger partial charge in [0.25, 0.3) is 5.91 Å². The first-order valence-electron chi connectivity index (χ1n) is 7.59. The Kier molecular flexibility index (Phi) is 4.39. The maximum Gasteiger partial charge on any atom is 0.279 e. The van der Waals surface area contributed by atoms with Crippen LogP contribution in [0.3, 0.4) is 0 Å². The number of rotatable bonds is 4.